The normalized spacial score (nSPS) is 11.6. The number of benzene rings is 2. The highest BCUT2D eigenvalue weighted by Crippen LogP contribution is 2.11. The first kappa shape index (κ1) is 17.1. The van der Waals surface area contributed by atoms with Gasteiger partial charge < -0.3 is 10.3 Å². The number of amides is 1. The van der Waals surface area contributed by atoms with Crippen molar-refractivity contribution < 1.29 is 13.2 Å². The van der Waals surface area contributed by atoms with Crippen molar-refractivity contribution in [2.45, 2.75) is 24.3 Å². The number of rotatable bonds is 6. The number of H-pyrrole nitrogens is 1. The van der Waals surface area contributed by atoms with E-state index in [-0.39, 0.29) is 10.8 Å². The maximum atomic E-state index is 12.0. The topological polar surface area (TPSA) is 118 Å². The minimum absolute atomic E-state index is 0.0486. The highest BCUT2D eigenvalue weighted by atomic mass is 32.2. The average Bonchev–Trinajstić information content (AvgIpc) is 3.00. The molecule has 0 unspecified atom stereocenters. The van der Waals surface area contributed by atoms with E-state index in [1.807, 2.05) is 24.3 Å². The van der Waals surface area contributed by atoms with E-state index >= 15 is 0 Å². The van der Waals surface area contributed by atoms with Crippen LogP contribution in [0.1, 0.15) is 17.8 Å². The summed E-state index contributed by atoms with van der Waals surface area (Å²) in [7, 11) is -3.70. The molecule has 0 aliphatic rings. The molecule has 1 aromatic heterocycles. The van der Waals surface area contributed by atoms with Crippen LogP contribution in [-0.4, -0.2) is 24.3 Å². The van der Waals surface area contributed by atoms with Crippen LogP contribution in [0.2, 0.25) is 0 Å². The number of nitrogens with one attached hydrogen (secondary N) is 2. The molecule has 130 valence electrons. The molecule has 0 saturated carbocycles. The number of hydrogen-bond acceptors (Lipinski definition) is 4. The van der Waals surface area contributed by atoms with Crippen LogP contribution >= 0.6 is 0 Å². The van der Waals surface area contributed by atoms with Gasteiger partial charge in [-0.25, -0.2) is 18.5 Å². The second kappa shape index (κ2) is 7.04. The zero-order chi connectivity index (χ0) is 17.9. The van der Waals surface area contributed by atoms with Crippen LogP contribution in [0.5, 0.6) is 0 Å². The lowest BCUT2D eigenvalue weighted by molar-refractivity contribution is -0.121. The predicted molar refractivity (Wildman–Crippen MR) is 94.1 cm³/mol. The Morgan fingerprint density at radius 1 is 1.12 bits per heavy atom. The average molecular weight is 358 g/mol. The lowest BCUT2D eigenvalue weighted by atomic mass is 10.2. The van der Waals surface area contributed by atoms with Gasteiger partial charge in [0.2, 0.25) is 15.9 Å². The molecule has 8 heteroatoms. The molecule has 4 N–H and O–H groups in total. The molecule has 3 rings (SSSR count). The fourth-order valence-electron chi connectivity index (χ4n) is 2.44. The molecule has 7 nitrogen and oxygen atoms in total. The van der Waals surface area contributed by atoms with Crippen molar-refractivity contribution in [1.29, 1.82) is 0 Å². The standard InChI is InChI=1S/C17H18N4O3S/c18-25(23,24)13-7-5-12(6-8-13)11-19-17(22)10-9-16-20-14-3-1-2-4-15(14)21-16/h1-8H,9-11H2,(H,19,22)(H,20,21)(H2,18,23,24). The first-order valence-electron chi connectivity index (χ1n) is 7.74. The third-order valence-electron chi connectivity index (χ3n) is 3.77. The zero-order valence-corrected chi connectivity index (χ0v) is 14.2. The lowest BCUT2D eigenvalue weighted by Crippen LogP contribution is -2.23. The van der Waals surface area contributed by atoms with Crippen molar-refractivity contribution >= 4 is 27.0 Å². The van der Waals surface area contributed by atoms with Crippen molar-refractivity contribution in [1.82, 2.24) is 15.3 Å². The Labute approximate surface area is 145 Å². The summed E-state index contributed by atoms with van der Waals surface area (Å²) in [4.78, 5) is 19.6. The van der Waals surface area contributed by atoms with Crippen LogP contribution in [0.3, 0.4) is 0 Å². The molecule has 0 spiro atoms. The summed E-state index contributed by atoms with van der Waals surface area (Å²) in [5, 5.41) is 7.85. The first-order chi connectivity index (χ1) is 11.9. The van der Waals surface area contributed by atoms with E-state index in [4.69, 9.17) is 5.14 Å². The van der Waals surface area contributed by atoms with E-state index in [0.717, 1.165) is 22.4 Å². The predicted octanol–water partition coefficient (Wildman–Crippen LogP) is 1.46. The summed E-state index contributed by atoms with van der Waals surface area (Å²) < 4.78 is 22.4. The number of sulfonamides is 1. The van der Waals surface area contributed by atoms with Crippen molar-refractivity contribution in [3.8, 4) is 0 Å². The molecule has 0 atom stereocenters. The van der Waals surface area contributed by atoms with Crippen molar-refractivity contribution in [3.05, 3.63) is 59.9 Å². The molecule has 0 aliphatic heterocycles. The maximum Gasteiger partial charge on any atom is 0.238 e. The Balaban J connectivity index is 1.51. The van der Waals surface area contributed by atoms with Gasteiger partial charge in [0, 0.05) is 19.4 Å². The Hall–Kier alpha value is -2.71. The molecule has 0 fully saturated rings. The van der Waals surface area contributed by atoms with Crippen molar-refractivity contribution in [2.75, 3.05) is 0 Å². The van der Waals surface area contributed by atoms with Gasteiger partial charge in [0.1, 0.15) is 5.82 Å². The van der Waals surface area contributed by atoms with Gasteiger partial charge in [-0.15, -0.1) is 0 Å². The van der Waals surface area contributed by atoms with Crippen LogP contribution in [0.15, 0.2) is 53.4 Å². The van der Waals surface area contributed by atoms with Gasteiger partial charge in [0.15, 0.2) is 0 Å². The summed E-state index contributed by atoms with van der Waals surface area (Å²) in [6, 6.07) is 13.8. The van der Waals surface area contributed by atoms with Gasteiger partial charge in [-0.1, -0.05) is 24.3 Å². The molecule has 0 saturated heterocycles. The fourth-order valence-corrected chi connectivity index (χ4v) is 2.96. The number of hydrogen-bond donors (Lipinski definition) is 3. The molecule has 2 aromatic carbocycles. The Kier molecular flexibility index (Phi) is 4.82. The van der Waals surface area contributed by atoms with E-state index in [9.17, 15) is 13.2 Å². The van der Waals surface area contributed by atoms with Gasteiger partial charge in [0.05, 0.1) is 15.9 Å². The Bertz CT molecular complexity index is 961. The zero-order valence-electron chi connectivity index (χ0n) is 13.4. The number of aromatic nitrogens is 2. The van der Waals surface area contributed by atoms with Gasteiger partial charge in [-0.2, -0.15) is 0 Å². The summed E-state index contributed by atoms with van der Waals surface area (Å²) in [6.07, 6.45) is 0.833. The van der Waals surface area contributed by atoms with E-state index in [0.29, 0.717) is 19.4 Å². The Morgan fingerprint density at radius 2 is 1.84 bits per heavy atom. The van der Waals surface area contributed by atoms with Gasteiger partial charge in [-0.05, 0) is 29.8 Å². The molecule has 1 heterocycles. The van der Waals surface area contributed by atoms with Gasteiger partial charge in [-0.3, -0.25) is 4.79 Å². The second-order valence-corrected chi connectivity index (χ2v) is 7.23. The number of imidazole rings is 1. The molecule has 0 bridgehead atoms. The largest absolute Gasteiger partial charge is 0.352 e. The monoisotopic (exact) mass is 358 g/mol. The highest BCUT2D eigenvalue weighted by molar-refractivity contribution is 7.89. The van der Waals surface area contributed by atoms with Crippen LogP contribution < -0.4 is 10.5 Å². The third-order valence-corrected chi connectivity index (χ3v) is 4.70. The Morgan fingerprint density at radius 3 is 2.52 bits per heavy atom. The summed E-state index contributed by atoms with van der Waals surface area (Å²) in [5.41, 5.74) is 2.63. The molecular formula is C17H18N4O3S. The number of nitrogens with zero attached hydrogens (tertiary/aromatic N) is 1. The van der Waals surface area contributed by atoms with E-state index < -0.39 is 10.0 Å². The number of fused-ring (bicyclic) bond motifs is 1. The van der Waals surface area contributed by atoms with Crippen LogP contribution in [0, 0.1) is 0 Å². The highest BCUT2D eigenvalue weighted by Gasteiger charge is 2.08. The number of carbonyl (C=O) groups excluding carboxylic acids is 1. The van der Waals surface area contributed by atoms with Gasteiger partial charge in [0.25, 0.3) is 0 Å². The molecule has 25 heavy (non-hydrogen) atoms. The lowest BCUT2D eigenvalue weighted by Gasteiger charge is -2.05. The quantitative estimate of drug-likeness (QED) is 0.618. The minimum Gasteiger partial charge on any atom is -0.352 e. The third kappa shape index (κ3) is 4.43. The van der Waals surface area contributed by atoms with Crippen LogP contribution in [0.4, 0.5) is 0 Å². The van der Waals surface area contributed by atoms with Crippen molar-refractivity contribution in [2.24, 2.45) is 5.14 Å². The van der Waals surface area contributed by atoms with E-state index in [1.165, 1.54) is 12.1 Å². The number of aromatic amines is 1. The van der Waals surface area contributed by atoms with Gasteiger partial charge >= 0.3 is 0 Å². The van der Waals surface area contributed by atoms with E-state index in [1.54, 1.807) is 12.1 Å². The molecule has 3 aromatic rings. The number of primary sulfonamides is 1. The molecular weight excluding hydrogens is 340 g/mol. The van der Waals surface area contributed by atoms with E-state index in [2.05, 4.69) is 15.3 Å². The number of carbonyl (C=O) groups is 1. The molecule has 0 aliphatic carbocycles. The molecule has 1 amide bonds. The molecule has 0 radical (unpaired) electrons. The summed E-state index contributed by atoms with van der Waals surface area (Å²) in [6.45, 7) is 0.323. The second-order valence-electron chi connectivity index (χ2n) is 5.67. The first-order valence-corrected chi connectivity index (χ1v) is 9.28. The number of aryl methyl sites for hydroxylation is 1. The maximum absolute atomic E-state index is 12.0. The smallest absolute Gasteiger partial charge is 0.238 e. The number of para-hydroxylation sites is 2. The number of nitrogens with two attached hydrogens (primary N) is 1. The van der Waals surface area contributed by atoms with Crippen LogP contribution in [0.25, 0.3) is 11.0 Å². The minimum atomic E-state index is -3.70. The van der Waals surface area contributed by atoms with Crippen LogP contribution in [-0.2, 0) is 27.8 Å². The fraction of sp³-hybridized carbons (Fsp3) is 0.176. The summed E-state index contributed by atoms with van der Waals surface area (Å²) in [5.74, 6) is 0.671. The van der Waals surface area contributed by atoms with Crippen molar-refractivity contribution in [3.63, 3.8) is 0 Å². The summed E-state index contributed by atoms with van der Waals surface area (Å²) >= 11 is 0. The SMILES string of the molecule is NS(=O)(=O)c1ccc(CNC(=O)CCc2nc3ccccc3[nH]2)cc1.